The molecule has 3 aromatic heterocycles. The van der Waals surface area contributed by atoms with Crippen molar-refractivity contribution >= 4 is 54.6 Å². The van der Waals surface area contributed by atoms with Crippen LogP contribution in [-0.2, 0) is 0 Å². The van der Waals surface area contributed by atoms with E-state index in [1.54, 1.807) is 0 Å². The average molecular weight is 632 g/mol. The van der Waals surface area contributed by atoms with Crippen molar-refractivity contribution in [1.29, 1.82) is 0 Å². The van der Waals surface area contributed by atoms with Gasteiger partial charge in [-0.1, -0.05) is 109 Å². The summed E-state index contributed by atoms with van der Waals surface area (Å²) in [5.41, 5.74) is 5.18. The van der Waals surface area contributed by atoms with Gasteiger partial charge in [0.15, 0.2) is 11.3 Å². The molecule has 7 aromatic carbocycles. The van der Waals surface area contributed by atoms with E-state index in [1.165, 1.54) is 12.4 Å². The summed E-state index contributed by atoms with van der Waals surface area (Å²) in [4.78, 5) is 18.1. The van der Waals surface area contributed by atoms with Crippen LogP contribution in [0.15, 0.2) is 164 Å². The topological polar surface area (TPSA) is 56.5 Å². The van der Waals surface area contributed by atoms with Crippen LogP contribution in [0, 0.1) is 0 Å². The second kappa shape index (κ2) is 10.9. The summed E-state index contributed by atoms with van der Waals surface area (Å²) in [6.45, 7) is 0. The molecule has 0 aliphatic rings. The van der Waals surface area contributed by atoms with Crippen molar-refractivity contribution in [2.45, 2.75) is 0 Å². The molecule has 0 radical (unpaired) electrons. The standard InChI is InChI=1S/C44H27N5/c1-3-9-28(10-4-1)34-18-20-39-37(26-34)38-25-30-13-7-8-14-31(30)27-40(38)49(39)36-19-17-32-23-35(16-15-33(32)24-36)42-41(29-11-5-2-6-12-29)47-43-44(48-42)46-22-21-45-43/h1-27H/i15D,16D,17D,19D,23D,24D. The summed E-state index contributed by atoms with van der Waals surface area (Å²) in [7, 11) is 0. The highest BCUT2D eigenvalue weighted by Crippen LogP contribution is 2.38. The molecule has 0 amide bonds. The van der Waals surface area contributed by atoms with Gasteiger partial charge in [-0.15, -0.1) is 0 Å². The lowest BCUT2D eigenvalue weighted by molar-refractivity contribution is 1.16. The Bertz CT molecular complexity index is 3220. The Morgan fingerprint density at radius 3 is 1.82 bits per heavy atom. The van der Waals surface area contributed by atoms with Crippen LogP contribution in [-0.4, -0.2) is 24.5 Å². The number of hydrogen-bond donors (Lipinski definition) is 0. The monoisotopic (exact) mass is 631 g/mol. The van der Waals surface area contributed by atoms with Crippen molar-refractivity contribution in [3.63, 3.8) is 0 Å². The normalized spacial score (nSPS) is 13.4. The van der Waals surface area contributed by atoms with Gasteiger partial charge in [-0.25, -0.2) is 19.9 Å². The van der Waals surface area contributed by atoms with E-state index in [9.17, 15) is 8.22 Å². The predicted octanol–water partition coefficient (Wildman–Crippen LogP) is 10.8. The summed E-state index contributed by atoms with van der Waals surface area (Å²) in [6, 6.07) is 35.7. The maximum Gasteiger partial charge on any atom is 0.198 e. The molecule has 10 aromatic rings. The van der Waals surface area contributed by atoms with Gasteiger partial charge < -0.3 is 4.57 Å². The zero-order valence-corrected chi connectivity index (χ0v) is 25.9. The summed E-state index contributed by atoms with van der Waals surface area (Å²) >= 11 is 0. The fraction of sp³-hybridized carbons (Fsp3) is 0. The third kappa shape index (κ3) is 4.55. The third-order valence-corrected chi connectivity index (χ3v) is 8.93. The zero-order chi connectivity index (χ0) is 37.5. The number of rotatable bonds is 4. The third-order valence-electron chi connectivity index (χ3n) is 8.93. The number of fused-ring (bicyclic) bond motifs is 6. The zero-order valence-electron chi connectivity index (χ0n) is 31.9. The Morgan fingerprint density at radius 2 is 1.06 bits per heavy atom. The molecular formula is C44H27N5. The first-order valence-corrected chi connectivity index (χ1v) is 15.9. The van der Waals surface area contributed by atoms with E-state index >= 15 is 0 Å². The lowest BCUT2D eigenvalue weighted by Gasteiger charge is -2.12. The largest absolute Gasteiger partial charge is 0.309 e. The molecule has 0 aliphatic carbocycles. The Hall–Kier alpha value is -6.72. The molecule has 0 unspecified atom stereocenters. The van der Waals surface area contributed by atoms with Crippen LogP contribution in [0.2, 0.25) is 0 Å². The number of aromatic nitrogens is 5. The van der Waals surface area contributed by atoms with Crippen LogP contribution in [0.5, 0.6) is 0 Å². The summed E-state index contributed by atoms with van der Waals surface area (Å²) in [6.07, 6.45) is 2.98. The van der Waals surface area contributed by atoms with Crippen molar-refractivity contribution in [2.75, 3.05) is 0 Å². The van der Waals surface area contributed by atoms with Gasteiger partial charge in [0.25, 0.3) is 0 Å². The molecule has 0 spiro atoms. The van der Waals surface area contributed by atoms with E-state index in [0.29, 0.717) is 11.3 Å². The minimum Gasteiger partial charge on any atom is -0.309 e. The van der Waals surface area contributed by atoms with Crippen LogP contribution in [0.3, 0.4) is 0 Å². The van der Waals surface area contributed by atoms with Gasteiger partial charge in [-0.3, -0.25) is 0 Å². The maximum absolute atomic E-state index is 9.68. The SMILES string of the molecule is [2H]c1c(-n2c3ccc(-c4ccccc4)cc3c3cc4ccccc4cc32)c([2H])c2c([2H])c([2H])c(-c3nc4nccnc4nc3-c3ccccc3)c([2H])c2c1[2H]. The molecule has 0 aliphatic heterocycles. The van der Waals surface area contributed by atoms with Crippen LogP contribution in [0.1, 0.15) is 8.22 Å². The molecule has 0 fully saturated rings. The number of hydrogen-bond acceptors (Lipinski definition) is 4. The first-order chi connectivity index (χ1) is 26.8. The van der Waals surface area contributed by atoms with Gasteiger partial charge in [-0.2, -0.15) is 0 Å². The predicted molar refractivity (Wildman–Crippen MR) is 201 cm³/mol. The molecule has 0 bridgehead atoms. The van der Waals surface area contributed by atoms with Crippen molar-refractivity contribution in [3.05, 3.63) is 164 Å². The fourth-order valence-corrected chi connectivity index (χ4v) is 6.62. The van der Waals surface area contributed by atoms with Crippen LogP contribution in [0.4, 0.5) is 0 Å². The van der Waals surface area contributed by atoms with Crippen molar-refractivity contribution in [3.8, 4) is 39.3 Å². The minimum absolute atomic E-state index is 0.0340. The van der Waals surface area contributed by atoms with Crippen LogP contribution >= 0.6 is 0 Å². The smallest absolute Gasteiger partial charge is 0.198 e. The Balaban J connectivity index is 1.29. The molecule has 0 saturated carbocycles. The molecule has 10 rings (SSSR count). The first kappa shape index (κ1) is 22.0. The highest BCUT2D eigenvalue weighted by atomic mass is 15.0. The van der Waals surface area contributed by atoms with Crippen molar-refractivity contribution < 1.29 is 8.22 Å². The van der Waals surface area contributed by atoms with E-state index in [2.05, 4.69) is 34.2 Å². The summed E-state index contributed by atoms with van der Waals surface area (Å²) in [5.74, 6) is 0. The Morgan fingerprint density at radius 1 is 0.449 bits per heavy atom. The first-order valence-electron chi connectivity index (χ1n) is 18.9. The summed E-state index contributed by atoms with van der Waals surface area (Å²) in [5, 5.41) is 3.69. The van der Waals surface area contributed by atoms with E-state index in [4.69, 9.17) is 9.97 Å². The highest BCUT2D eigenvalue weighted by molar-refractivity contribution is 6.14. The summed E-state index contributed by atoms with van der Waals surface area (Å²) < 4.78 is 58.7. The molecular weight excluding hydrogens is 599 g/mol. The number of benzene rings is 7. The van der Waals surface area contributed by atoms with Gasteiger partial charge in [-0.05, 0) is 75.1 Å². The van der Waals surface area contributed by atoms with Gasteiger partial charge in [0.2, 0.25) is 0 Å². The lowest BCUT2D eigenvalue weighted by atomic mass is 10.0. The maximum atomic E-state index is 9.68. The number of nitrogens with zero attached hydrogens (tertiary/aromatic N) is 5. The Kier molecular flexibility index (Phi) is 4.90. The van der Waals surface area contributed by atoms with Gasteiger partial charge in [0.1, 0.15) is 0 Å². The molecule has 0 N–H and O–H groups in total. The molecule has 228 valence electrons. The minimum atomic E-state index is -0.349. The van der Waals surface area contributed by atoms with Crippen LogP contribution in [0.25, 0.3) is 94.0 Å². The average Bonchev–Trinajstić information content (AvgIpc) is 3.52. The molecule has 0 saturated heterocycles. The lowest BCUT2D eigenvalue weighted by Crippen LogP contribution is -1.98. The van der Waals surface area contributed by atoms with E-state index in [-0.39, 0.29) is 75.3 Å². The highest BCUT2D eigenvalue weighted by Gasteiger charge is 2.17. The van der Waals surface area contributed by atoms with Crippen molar-refractivity contribution in [2.24, 2.45) is 0 Å². The molecule has 5 nitrogen and oxygen atoms in total. The van der Waals surface area contributed by atoms with Crippen LogP contribution < -0.4 is 0 Å². The molecule has 3 heterocycles. The molecule has 49 heavy (non-hydrogen) atoms. The van der Waals surface area contributed by atoms with Gasteiger partial charge in [0.05, 0.1) is 30.6 Å². The van der Waals surface area contributed by atoms with Crippen molar-refractivity contribution in [1.82, 2.24) is 24.5 Å². The van der Waals surface area contributed by atoms with Gasteiger partial charge >= 0.3 is 0 Å². The fourth-order valence-electron chi connectivity index (χ4n) is 6.62. The van der Waals surface area contributed by atoms with E-state index in [1.807, 2.05) is 95.6 Å². The molecule has 5 heteroatoms. The molecule has 0 atom stereocenters. The van der Waals surface area contributed by atoms with E-state index in [0.717, 1.165) is 43.7 Å². The van der Waals surface area contributed by atoms with E-state index < -0.39 is 0 Å². The Labute approximate surface area is 290 Å². The second-order valence-electron chi connectivity index (χ2n) is 11.9. The quantitative estimate of drug-likeness (QED) is 0.194. The van der Waals surface area contributed by atoms with Gasteiger partial charge in [0, 0.05) is 40.0 Å². The second-order valence-corrected chi connectivity index (χ2v) is 11.9.